The first kappa shape index (κ1) is 16.9. The SMILES string of the molecule is CCOc1ccc(OCC(O)Cn2nnc(-c3ccccc3)n2)cc1. The van der Waals surface area contributed by atoms with Gasteiger partial charge < -0.3 is 14.6 Å². The molecular formula is C18H20N4O3. The quantitative estimate of drug-likeness (QED) is 0.677. The van der Waals surface area contributed by atoms with Crippen LogP contribution in [0.15, 0.2) is 54.6 Å². The standard InChI is InChI=1S/C18H20N4O3/c1-2-24-16-8-10-17(11-9-16)25-13-15(23)12-22-20-18(19-21-22)14-6-4-3-5-7-14/h3-11,15,23H,2,12-13H2,1H3. The van der Waals surface area contributed by atoms with Crippen LogP contribution in [0.2, 0.25) is 0 Å². The van der Waals surface area contributed by atoms with Gasteiger partial charge in [-0.1, -0.05) is 30.3 Å². The van der Waals surface area contributed by atoms with Crippen LogP contribution in [-0.2, 0) is 6.54 Å². The minimum Gasteiger partial charge on any atom is -0.494 e. The number of benzene rings is 2. The molecule has 0 radical (unpaired) electrons. The Balaban J connectivity index is 1.51. The Morgan fingerprint density at radius 1 is 1.00 bits per heavy atom. The number of ether oxygens (including phenoxy) is 2. The molecule has 3 rings (SSSR count). The van der Waals surface area contributed by atoms with E-state index in [2.05, 4.69) is 15.4 Å². The van der Waals surface area contributed by atoms with Crippen molar-refractivity contribution in [1.29, 1.82) is 0 Å². The van der Waals surface area contributed by atoms with Gasteiger partial charge in [0.25, 0.3) is 0 Å². The smallest absolute Gasteiger partial charge is 0.204 e. The summed E-state index contributed by atoms with van der Waals surface area (Å²) in [6.45, 7) is 2.89. The zero-order valence-electron chi connectivity index (χ0n) is 13.9. The van der Waals surface area contributed by atoms with Crippen LogP contribution < -0.4 is 9.47 Å². The molecule has 0 spiro atoms. The molecule has 1 unspecified atom stereocenters. The summed E-state index contributed by atoms with van der Waals surface area (Å²) in [6.07, 6.45) is -0.746. The lowest BCUT2D eigenvalue weighted by Gasteiger charge is -2.12. The van der Waals surface area contributed by atoms with Crippen molar-refractivity contribution >= 4 is 0 Å². The van der Waals surface area contributed by atoms with Gasteiger partial charge in [0.15, 0.2) is 0 Å². The van der Waals surface area contributed by atoms with Gasteiger partial charge in [-0.05, 0) is 36.4 Å². The third-order valence-corrected chi connectivity index (χ3v) is 3.44. The molecule has 1 N–H and O–H groups in total. The molecule has 0 bridgehead atoms. The van der Waals surface area contributed by atoms with Crippen LogP contribution in [0.4, 0.5) is 0 Å². The number of aromatic nitrogens is 4. The molecule has 7 heteroatoms. The van der Waals surface area contributed by atoms with Crippen molar-refractivity contribution in [2.24, 2.45) is 0 Å². The number of aliphatic hydroxyl groups is 1. The third kappa shape index (κ3) is 4.77. The molecule has 0 aliphatic carbocycles. The summed E-state index contributed by atoms with van der Waals surface area (Å²) in [7, 11) is 0. The Hall–Kier alpha value is -2.93. The molecule has 0 saturated carbocycles. The maximum absolute atomic E-state index is 10.1. The summed E-state index contributed by atoms with van der Waals surface area (Å²) in [5.74, 6) is 1.98. The number of rotatable bonds is 8. The van der Waals surface area contributed by atoms with E-state index in [1.807, 2.05) is 49.4 Å². The normalized spacial score (nSPS) is 11.9. The van der Waals surface area contributed by atoms with E-state index in [-0.39, 0.29) is 13.2 Å². The summed E-state index contributed by atoms with van der Waals surface area (Å²) in [5, 5.41) is 22.3. The Morgan fingerprint density at radius 3 is 2.36 bits per heavy atom. The highest BCUT2D eigenvalue weighted by Gasteiger charge is 2.11. The summed E-state index contributed by atoms with van der Waals surface area (Å²) in [4.78, 5) is 1.37. The fourth-order valence-corrected chi connectivity index (χ4v) is 2.26. The van der Waals surface area contributed by atoms with Gasteiger partial charge in [-0.25, -0.2) is 0 Å². The predicted octanol–water partition coefficient (Wildman–Crippen LogP) is 2.18. The Labute approximate surface area is 145 Å². The average molecular weight is 340 g/mol. The summed E-state index contributed by atoms with van der Waals surface area (Å²) < 4.78 is 10.9. The summed E-state index contributed by atoms with van der Waals surface area (Å²) in [6, 6.07) is 16.8. The molecular weight excluding hydrogens is 320 g/mol. The Kier molecular flexibility index (Phi) is 5.58. The zero-order valence-corrected chi connectivity index (χ0v) is 13.9. The first-order valence-electron chi connectivity index (χ1n) is 8.11. The minimum absolute atomic E-state index is 0.135. The summed E-state index contributed by atoms with van der Waals surface area (Å²) in [5.41, 5.74) is 0.883. The number of hydrogen-bond donors (Lipinski definition) is 1. The zero-order chi connectivity index (χ0) is 17.5. The monoisotopic (exact) mass is 340 g/mol. The lowest BCUT2D eigenvalue weighted by atomic mass is 10.2. The number of hydrogen-bond acceptors (Lipinski definition) is 6. The van der Waals surface area contributed by atoms with Gasteiger partial charge in [0.2, 0.25) is 5.82 Å². The number of nitrogens with zero attached hydrogens (tertiary/aromatic N) is 4. The average Bonchev–Trinajstić information content (AvgIpc) is 3.11. The van der Waals surface area contributed by atoms with Crippen LogP contribution in [0, 0.1) is 0 Å². The third-order valence-electron chi connectivity index (χ3n) is 3.44. The predicted molar refractivity (Wildman–Crippen MR) is 92.4 cm³/mol. The lowest BCUT2D eigenvalue weighted by Crippen LogP contribution is -2.24. The van der Waals surface area contributed by atoms with E-state index in [4.69, 9.17) is 9.47 Å². The van der Waals surface area contributed by atoms with Gasteiger partial charge in [-0.3, -0.25) is 0 Å². The second-order valence-electron chi connectivity index (χ2n) is 5.40. The molecule has 0 aliphatic heterocycles. The highest BCUT2D eigenvalue weighted by molar-refractivity contribution is 5.52. The molecule has 130 valence electrons. The van der Waals surface area contributed by atoms with E-state index in [0.717, 1.165) is 11.3 Å². The maximum Gasteiger partial charge on any atom is 0.204 e. The Bertz CT molecular complexity index is 775. The molecule has 7 nitrogen and oxygen atoms in total. The van der Waals surface area contributed by atoms with Crippen LogP contribution in [0.1, 0.15) is 6.92 Å². The molecule has 1 heterocycles. The van der Waals surface area contributed by atoms with E-state index in [1.54, 1.807) is 12.1 Å². The Morgan fingerprint density at radius 2 is 1.68 bits per heavy atom. The molecule has 25 heavy (non-hydrogen) atoms. The van der Waals surface area contributed by atoms with Crippen molar-refractivity contribution in [3.63, 3.8) is 0 Å². The van der Waals surface area contributed by atoms with Gasteiger partial charge in [0.05, 0.1) is 13.2 Å². The van der Waals surface area contributed by atoms with Gasteiger partial charge >= 0.3 is 0 Å². The molecule has 1 atom stereocenters. The molecule has 3 aromatic rings. The van der Waals surface area contributed by atoms with E-state index >= 15 is 0 Å². The van der Waals surface area contributed by atoms with Crippen molar-refractivity contribution in [2.45, 2.75) is 19.6 Å². The van der Waals surface area contributed by atoms with Crippen molar-refractivity contribution < 1.29 is 14.6 Å². The molecule has 0 aliphatic rings. The van der Waals surface area contributed by atoms with Gasteiger partial charge in [0, 0.05) is 5.56 Å². The largest absolute Gasteiger partial charge is 0.494 e. The van der Waals surface area contributed by atoms with Crippen molar-refractivity contribution in [1.82, 2.24) is 20.2 Å². The van der Waals surface area contributed by atoms with E-state index < -0.39 is 6.10 Å². The molecule has 0 amide bonds. The second-order valence-corrected chi connectivity index (χ2v) is 5.40. The van der Waals surface area contributed by atoms with Crippen LogP contribution in [-0.4, -0.2) is 44.6 Å². The van der Waals surface area contributed by atoms with Gasteiger partial charge in [-0.2, -0.15) is 4.80 Å². The number of tetrazole rings is 1. The highest BCUT2D eigenvalue weighted by Crippen LogP contribution is 2.17. The van der Waals surface area contributed by atoms with E-state index in [1.165, 1.54) is 4.80 Å². The fraction of sp³-hybridized carbons (Fsp3) is 0.278. The maximum atomic E-state index is 10.1. The minimum atomic E-state index is -0.746. The fourth-order valence-electron chi connectivity index (χ4n) is 2.26. The van der Waals surface area contributed by atoms with Crippen molar-refractivity contribution in [3.8, 4) is 22.9 Å². The molecule has 0 fully saturated rings. The number of aliphatic hydroxyl groups excluding tert-OH is 1. The topological polar surface area (TPSA) is 82.3 Å². The van der Waals surface area contributed by atoms with Gasteiger partial charge in [0.1, 0.15) is 24.2 Å². The van der Waals surface area contributed by atoms with Crippen molar-refractivity contribution in [2.75, 3.05) is 13.2 Å². The van der Waals surface area contributed by atoms with Gasteiger partial charge in [-0.15, -0.1) is 10.2 Å². The van der Waals surface area contributed by atoms with Crippen LogP contribution in [0.5, 0.6) is 11.5 Å². The van der Waals surface area contributed by atoms with E-state index in [9.17, 15) is 5.11 Å². The first-order chi connectivity index (χ1) is 12.2. The van der Waals surface area contributed by atoms with Crippen LogP contribution in [0.25, 0.3) is 11.4 Å². The van der Waals surface area contributed by atoms with Crippen LogP contribution >= 0.6 is 0 Å². The second kappa shape index (κ2) is 8.25. The highest BCUT2D eigenvalue weighted by atomic mass is 16.5. The molecule has 1 aromatic heterocycles. The lowest BCUT2D eigenvalue weighted by molar-refractivity contribution is 0.0849. The molecule has 0 saturated heterocycles. The van der Waals surface area contributed by atoms with Crippen molar-refractivity contribution in [3.05, 3.63) is 54.6 Å². The molecule has 2 aromatic carbocycles. The van der Waals surface area contributed by atoms with E-state index in [0.29, 0.717) is 18.2 Å². The first-order valence-corrected chi connectivity index (χ1v) is 8.11. The van der Waals surface area contributed by atoms with Crippen LogP contribution in [0.3, 0.4) is 0 Å². The summed E-state index contributed by atoms with van der Waals surface area (Å²) >= 11 is 0.